The largest absolute Gasteiger partial charge is 0.355 e. The number of hydrogen-bond acceptors (Lipinski definition) is 6. The van der Waals surface area contributed by atoms with Gasteiger partial charge in [-0.25, -0.2) is 4.98 Å². The molecular formula is C20H16N4O2S. The van der Waals surface area contributed by atoms with E-state index < -0.39 is 4.92 Å². The third-order valence-corrected chi connectivity index (χ3v) is 5.01. The summed E-state index contributed by atoms with van der Waals surface area (Å²) in [5.74, 6) is 0. The Kier molecular flexibility index (Phi) is 5.29. The van der Waals surface area contributed by atoms with Crippen molar-refractivity contribution in [1.82, 2.24) is 4.98 Å². The zero-order chi connectivity index (χ0) is 19.4. The second-order valence-electron chi connectivity index (χ2n) is 5.93. The second kappa shape index (κ2) is 7.81. The van der Waals surface area contributed by atoms with Crippen LogP contribution >= 0.6 is 11.3 Å². The molecule has 0 saturated carbocycles. The first-order valence-electron chi connectivity index (χ1n) is 8.13. The van der Waals surface area contributed by atoms with Crippen LogP contribution in [0.5, 0.6) is 0 Å². The Bertz CT molecular complexity index is 1080. The van der Waals surface area contributed by atoms with E-state index in [0.29, 0.717) is 16.3 Å². The highest BCUT2D eigenvalue weighted by molar-refractivity contribution is 7.11. The van der Waals surface area contributed by atoms with E-state index in [1.807, 2.05) is 24.4 Å². The van der Waals surface area contributed by atoms with Crippen molar-refractivity contribution in [3.05, 3.63) is 80.3 Å². The van der Waals surface area contributed by atoms with E-state index in [9.17, 15) is 15.4 Å². The number of aromatic nitrogens is 1. The molecule has 1 heterocycles. The van der Waals surface area contributed by atoms with Crippen LogP contribution in [-0.4, -0.2) is 9.91 Å². The first-order valence-corrected chi connectivity index (χ1v) is 9.01. The van der Waals surface area contributed by atoms with E-state index in [2.05, 4.69) is 29.4 Å². The lowest BCUT2D eigenvalue weighted by molar-refractivity contribution is -0.383. The van der Waals surface area contributed by atoms with Crippen LogP contribution in [0.1, 0.15) is 16.1 Å². The first-order chi connectivity index (χ1) is 13.0. The minimum absolute atomic E-state index is 0.0546. The van der Waals surface area contributed by atoms with Gasteiger partial charge in [0.05, 0.1) is 10.6 Å². The first kappa shape index (κ1) is 18.3. The second-order valence-corrected chi connectivity index (χ2v) is 6.78. The Balaban J connectivity index is 1.88. The SMILES string of the molecule is Cc1ccc(-c2csc(/C(C#N)=C\Nc3ccccc3[N+](=O)[O-])n2)cc1C. The molecule has 0 atom stereocenters. The van der Waals surface area contributed by atoms with Crippen LogP contribution in [-0.2, 0) is 0 Å². The molecule has 0 fully saturated rings. The van der Waals surface area contributed by atoms with Gasteiger partial charge in [0.25, 0.3) is 5.69 Å². The normalized spacial score (nSPS) is 11.1. The summed E-state index contributed by atoms with van der Waals surface area (Å²) in [7, 11) is 0. The third kappa shape index (κ3) is 4.02. The molecular weight excluding hydrogens is 360 g/mol. The summed E-state index contributed by atoms with van der Waals surface area (Å²) in [6, 6.07) is 14.5. The van der Waals surface area contributed by atoms with Crippen molar-refractivity contribution in [2.75, 3.05) is 5.32 Å². The van der Waals surface area contributed by atoms with Crippen LogP contribution in [0.4, 0.5) is 11.4 Å². The van der Waals surface area contributed by atoms with Crippen molar-refractivity contribution in [3.63, 3.8) is 0 Å². The zero-order valence-electron chi connectivity index (χ0n) is 14.8. The van der Waals surface area contributed by atoms with Gasteiger partial charge in [0.2, 0.25) is 0 Å². The molecule has 3 aromatic rings. The highest BCUT2D eigenvalue weighted by Crippen LogP contribution is 2.28. The average molecular weight is 376 g/mol. The number of thiazole rings is 1. The maximum Gasteiger partial charge on any atom is 0.292 e. The highest BCUT2D eigenvalue weighted by Gasteiger charge is 2.13. The Morgan fingerprint density at radius 2 is 2.04 bits per heavy atom. The number of anilines is 1. The molecule has 0 aliphatic rings. The van der Waals surface area contributed by atoms with Crippen LogP contribution in [0.25, 0.3) is 16.8 Å². The number of nitro groups is 1. The Labute approximate surface area is 160 Å². The molecule has 0 aliphatic carbocycles. The molecule has 0 saturated heterocycles. The molecule has 3 rings (SSSR count). The number of rotatable bonds is 5. The van der Waals surface area contributed by atoms with Crippen molar-refractivity contribution in [2.45, 2.75) is 13.8 Å². The minimum atomic E-state index is -0.469. The number of nitriles is 1. The van der Waals surface area contributed by atoms with Gasteiger partial charge >= 0.3 is 0 Å². The van der Waals surface area contributed by atoms with Gasteiger partial charge in [0.15, 0.2) is 0 Å². The molecule has 0 amide bonds. The molecule has 0 bridgehead atoms. The van der Waals surface area contributed by atoms with Crippen LogP contribution in [0, 0.1) is 35.3 Å². The maximum atomic E-state index is 11.1. The lowest BCUT2D eigenvalue weighted by atomic mass is 10.1. The van der Waals surface area contributed by atoms with E-state index in [0.717, 1.165) is 11.3 Å². The fourth-order valence-electron chi connectivity index (χ4n) is 2.48. The van der Waals surface area contributed by atoms with Gasteiger partial charge in [-0.2, -0.15) is 5.26 Å². The van der Waals surface area contributed by atoms with Crippen molar-refractivity contribution >= 4 is 28.3 Å². The van der Waals surface area contributed by atoms with Crippen LogP contribution in [0.3, 0.4) is 0 Å². The summed E-state index contributed by atoms with van der Waals surface area (Å²) in [4.78, 5) is 15.2. The Hall–Kier alpha value is -3.50. The lowest BCUT2D eigenvalue weighted by Gasteiger charge is -2.03. The summed E-state index contributed by atoms with van der Waals surface area (Å²) in [5.41, 5.74) is 4.75. The summed E-state index contributed by atoms with van der Waals surface area (Å²) in [6.07, 6.45) is 1.45. The van der Waals surface area contributed by atoms with E-state index in [1.165, 1.54) is 34.7 Å². The minimum Gasteiger partial charge on any atom is -0.355 e. The standard InChI is InChI=1S/C20H16N4O2S/c1-13-7-8-15(9-14(13)2)18-12-27-20(23-18)16(10-21)11-22-17-5-3-4-6-19(17)24(25)26/h3-9,11-12,22H,1-2H3/b16-11-. The number of hydrogen-bond donors (Lipinski definition) is 1. The van der Waals surface area contributed by atoms with Crippen LogP contribution < -0.4 is 5.32 Å². The lowest BCUT2D eigenvalue weighted by Crippen LogP contribution is -1.96. The van der Waals surface area contributed by atoms with Gasteiger partial charge in [-0.3, -0.25) is 10.1 Å². The molecule has 7 heteroatoms. The van der Waals surface area contributed by atoms with Crippen LogP contribution in [0.15, 0.2) is 54.0 Å². The van der Waals surface area contributed by atoms with Gasteiger partial charge in [-0.15, -0.1) is 11.3 Å². The summed E-state index contributed by atoms with van der Waals surface area (Å²) < 4.78 is 0. The number of para-hydroxylation sites is 2. The van der Waals surface area contributed by atoms with Gasteiger partial charge in [0, 0.05) is 23.2 Å². The van der Waals surface area contributed by atoms with E-state index in [4.69, 9.17) is 0 Å². The van der Waals surface area contributed by atoms with Crippen molar-refractivity contribution in [3.8, 4) is 17.3 Å². The molecule has 0 aliphatic heterocycles. The highest BCUT2D eigenvalue weighted by atomic mass is 32.1. The van der Waals surface area contributed by atoms with E-state index >= 15 is 0 Å². The van der Waals surface area contributed by atoms with Gasteiger partial charge < -0.3 is 5.32 Å². The van der Waals surface area contributed by atoms with Gasteiger partial charge in [-0.1, -0.05) is 24.3 Å². The zero-order valence-corrected chi connectivity index (χ0v) is 15.6. The summed E-state index contributed by atoms with van der Waals surface area (Å²) in [5, 5.41) is 25.9. The molecule has 0 unspecified atom stereocenters. The number of benzene rings is 2. The van der Waals surface area contributed by atoms with Crippen LogP contribution in [0.2, 0.25) is 0 Å². The smallest absolute Gasteiger partial charge is 0.292 e. The van der Waals surface area contributed by atoms with Gasteiger partial charge in [-0.05, 0) is 37.1 Å². The molecule has 1 aromatic heterocycles. The predicted molar refractivity (Wildman–Crippen MR) is 107 cm³/mol. The van der Waals surface area contributed by atoms with Crippen molar-refractivity contribution < 1.29 is 4.92 Å². The number of nitro benzene ring substituents is 1. The Morgan fingerprint density at radius 3 is 2.74 bits per heavy atom. The average Bonchev–Trinajstić information content (AvgIpc) is 3.14. The monoisotopic (exact) mass is 376 g/mol. The number of allylic oxidation sites excluding steroid dienone is 1. The maximum absolute atomic E-state index is 11.1. The summed E-state index contributed by atoms with van der Waals surface area (Å²) >= 11 is 1.36. The molecule has 2 aromatic carbocycles. The van der Waals surface area contributed by atoms with Crippen molar-refractivity contribution in [2.24, 2.45) is 0 Å². The number of aryl methyl sites for hydroxylation is 2. The molecule has 27 heavy (non-hydrogen) atoms. The number of nitrogens with zero attached hydrogens (tertiary/aromatic N) is 3. The fourth-order valence-corrected chi connectivity index (χ4v) is 3.27. The van der Waals surface area contributed by atoms with Crippen molar-refractivity contribution in [1.29, 1.82) is 5.26 Å². The van der Waals surface area contributed by atoms with E-state index in [-0.39, 0.29) is 5.69 Å². The quantitative estimate of drug-likeness (QED) is 0.370. The molecule has 134 valence electrons. The molecule has 6 nitrogen and oxygen atoms in total. The third-order valence-electron chi connectivity index (χ3n) is 4.13. The molecule has 0 radical (unpaired) electrons. The number of nitrogens with one attached hydrogen (secondary N) is 1. The Morgan fingerprint density at radius 1 is 1.26 bits per heavy atom. The predicted octanol–water partition coefficient (Wildman–Crippen LogP) is 5.31. The summed E-state index contributed by atoms with van der Waals surface area (Å²) in [6.45, 7) is 4.10. The van der Waals surface area contributed by atoms with Gasteiger partial charge in [0.1, 0.15) is 22.3 Å². The van der Waals surface area contributed by atoms with E-state index in [1.54, 1.807) is 18.2 Å². The molecule has 1 N–H and O–H groups in total. The molecule has 0 spiro atoms. The topological polar surface area (TPSA) is 91.8 Å². The fraction of sp³-hybridized carbons (Fsp3) is 0.100.